The van der Waals surface area contributed by atoms with Crippen molar-refractivity contribution in [3.8, 4) is 0 Å². The van der Waals surface area contributed by atoms with Crippen LogP contribution in [0.2, 0.25) is 0 Å². The molecule has 2 aliphatic heterocycles. The van der Waals surface area contributed by atoms with Gasteiger partial charge in [-0.05, 0) is 25.7 Å². The van der Waals surface area contributed by atoms with Gasteiger partial charge in [0.2, 0.25) is 0 Å². The lowest BCUT2D eigenvalue weighted by atomic mass is 9.80. The van der Waals surface area contributed by atoms with E-state index in [-0.39, 0.29) is 18.0 Å². The summed E-state index contributed by atoms with van der Waals surface area (Å²) < 4.78 is 12.5. The van der Waals surface area contributed by atoms with E-state index in [1.54, 1.807) is 0 Å². The summed E-state index contributed by atoms with van der Waals surface area (Å²) in [5, 5.41) is 2.10. The number of nitrogens with zero attached hydrogens (tertiary/aromatic N) is 1. The van der Waals surface area contributed by atoms with Crippen molar-refractivity contribution in [2.75, 3.05) is 13.7 Å². The molecule has 2 saturated heterocycles. The first-order valence-electron chi connectivity index (χ1n) is 8.49. The minimum atomic E-state index is -0.266. The highest BCUT2D eigenvalue weighted by molar-refractivity contribution is 4.96. The molecule has 4 aliphatic rings. The number of hydrogen-bond donors (Lipinski definition) is 0. The van der Waals surface area contributed by atoms with Gasteiger partial charge in [-0.1, -0.05) is 19.3 Å². The molecule has 4 atom stereocenters. The third kappa shape index (κ3) is 2.21. The van der Waals surface area contributed by atoms with Gasteiger partial charge in [0.05, 0.1) is 6.61 Å². The summed E-state index contributed by atoms with van der Waals surface area (Å²) in [6.07, 6.45) is 11.5. The molecule has 0 N–H and O–H groups in total. The van der Waals surface area contributed by atoms with Crippen LogP contribution in [0.25, 0.3) is 0 Å². The molecule has 0 radical (unpaired) electrons. The lowest BCUT2D eigenvalue weighted by Crippen LogP contribution is -2.40. The molecule has 0 unspecified atom stereocenters. The topological polar surface area (TPSA) is 30.9 Å². The predicted molar refractivity (Wildman–Crippen MR) is 75.0 cm³/mol. The number of ether oxygens (including phenoxy) is 2. The Morgan fingerprint density at radius 3 is 2.65 bits per heavy atom. The lowest BCUT2D eigenvalue weighted by Gasteiger charge is -2.33. The van der Waals surface area contributed by atoms with Gasteiger partial charge in [-0.2, -0.15) is 5.06 Å². The van der Waals surface area contributed by atoms with Crippen molar-refractivity contribution in [3.63, 3.8) is 0 Å². The van der Waals surface area contributed by atoms with E-state index < -0.39 is 0 Å². The molecule has 114 valence electrons. The summed E-state index contributed by atoms with van der Waals surface area (Å²) in [7, 11) is 2.09. The van der Waals surface area contributed by atoms with Crippen LogP contribution in [0, 0.1) is 5.92 Å². The Bertz CT molecular complexity index is 356. The Morgan fingerprint density at radius 1 is 1.00 bits per heavy atom. The van der Waals surface area contributed by atoms with Crippen molar-refractivity contribution in [1.82, 2.24) is 5.06 Å². The van der Waals surface area contributed by atoms with Crippen molar-refractivity contribution in [2.45, 2.75) is 81.8 Å². The third-order valence-electron chi connectivity index (χ3n) is 5.82. The number of hydrogen-bond acceptors (Lipinski definition) is 4. The maximum Gasteiger partial charge on any atom is 0.169 e. The first kappa shape index (κ1) is 13.5. The van der Waals surface area contributed by atoms with E-state index in [2.05, 4.69) is 12.1 Å². The minimum absolute atomic E-state index is 0.142. The van der Waals surface area contributed by atoms with Crippen LogP contribution in [0.5, 0.6) is 0 Å². The van der Waals surface area contributed by atoms with E-state index >= 15 is 0 Å². The van der Waals surface area contributed by atoms with Gasteiger partial charge in [0.15, 0.2) is 5.79 Å². The molecule has 2 heterocycles. The highest BCUT2D eigenvalue weighted by Gasteiger charge is 2.52. The highest BCUT2D eigenvalue weighted by Crippen LogP contribution is 2.44. The van der Waals surface area contributed by atoms with E-state index in [9.17, 15) is 0 Å². The lowest BCUT2D eigenvalue weighted by molar-refractivity contribution is -0.217. The van der Waals surface area contributed by atoms with E-state index in [1.165, 1.54) is 44.9 Å². The third-order valence-corrected chi connectivity index (χ3v) is 5.82. The molecule has 0 bridgehead atoms. The van der Waals surface area contributed by atoms with Crippen molar-refractivity contribution in [2.24, 2.45) is 5.92 Å². The Labute approximate surface area is 121 Å². The van der Waals surface area contributed by atoms with Crippen LogP contribution < -0.4 is 0 Å². The van der Waals surface area contributed by atoms with Gasteiger partial charge < -0.3 is 9.47 Å². The van der Waals surface area contributed by atoms with E-state index in [0.29, 0.717) is 12.0 Å². The second-order valence-electron chi connectivity index (χ2n) is 7.07. The van der Waals surface area contributed by atoms with Crippen LogP contribution in [0.1, 0.15) is 57.8 Å². The molecular weight excluding hydrogens is 254 g/mol. The van der Waals surface area contributed by atoms with Crippen LogP contribution in [-0.4, -0.2) is 42.8 Å². The summed E-state index contributed by atoms with van der Waals surface area (Å²) in [4.78, 5) is 6.15. The molecule has 0 amide bonds. The minimum Gasteiger partial charge on any atom is -0.347 e. The van der Waals surface area contributed by atoms with Crippen LogP contribution >= 0.6 is 0 Å². The van der Waals surface area contributed by atoms with Gasteiger partial charge in [-0.25, -0.2) is 0 Å². The van der Waals surface area contributed by atoms with Crippen molar-refractivity contribution < 1.29 is 14.3 Å². The molecule has 20 heavy (non-hydrogen) atoms. The van der Waals surface area contributed by atoms with E-state index in [1.807, 2.05) is 0 Å². The van der Waals surface area contributed by atoms with Gasteiger partial charge in [-0.3, -0.25) is 4.84 Å². The monoisotopic (exact) mass is 281 g/mol. The second kappa shape index (κ2) is 5.24. The molecule has 4 fully saturated rings. The molecule has 1 spiro atoms. The molecule has 4 rings (SSSR count). The molecule has 4 heteroatoms. The van der Waals surface area contributed by atoms with Crippen molar-refractivity contribution >= 4 is 0 Å². The van der Waals surface area contributed by atoms with Crippen LogP contribution in [-0.2, 0) is 14.3 Å². The van der Waals surface area contributed by atoms with Crippen molar-refractivity contribution in [1.29, 1.82) is 0 Å². The Balaban J connectivity index is 1.46. The summed E-state index contributed by atoms with van der Waals surface area (Å²) in [5.74, 6) is 0.374. The summed E-state index contributed by atoms with van der Waals surface area (Å²) in [5.41, 5.74) is 0. The van der Waals surface area contributed by atoms with Crippen LogP contribution in [0.3, 0.4) is 0 Å². The van der Waals surface area contributed by atoms with Gasteiger partial charge in [-0.15, -0.1) is 0 Å². The van der Waals surface area contributed by atoms with Gasteiger partial charge in [0.1, 0.15) is 12.2 Å². The molecule has 4 nitrogen and oxygen atoms in total. The van der Waals surface area contributed by atoms with Gasteiger partial charge >= 0.3 is 0 Å². The van der Waals surface area contributed by atoms with E-state index in [4.69, 9.17) is 14.3 Å². The van der Waals surface area contributed by atoms with E-state index in [0.717, 1.165) is 19.4 Å². The summed E-state index contributed by atoms with van der Waals surface area (Å²) >= 11 is 0. The molecular formula is C16H27NO3. The average molecular weight is 281 g/mol. The Kier molecular flexibility index (Phi) is 3.53. The molecule has 2 saturated carbocycles. The maximum atomic E-state index is 6.40. The summed E-state index contributed by atoms with van der Waals surface area (Å²) in [6, 6.07) is 0.597. The van der Waals surface area contributed by atoms with Crippen LogP contribution in [0.4, 0.5) is 0 Å². The molecule has 0 aromatic heterocycles. The van der Waals surface area contributed by atoms with Gasteiger partial charge in [0, 0.05) is 31.8 Å². The highest BCUT2D eigenvalue weighted by atomic mass is 16.8. The Hall–Kier alpha value is -0.160. The first-order valence-corrected chi connectivity index (χ1v) is 8.49. The number of hydroxylamine groups is 2. The van der Waals surface area contributed by atoms with Crippen LogP contribution in [0.15, 0.2) is 0 Å². The number of rotatable bonds is 1. The molecule has 0 aromatic rings. The quantitative estimate of drug-likeness (QED) is 0.739. The zero-order chi connectivity index (χ0) is 13.6. The Morgan fingerprint density at radius 2 is 1.80 bits per heavy atom. The standard InChI is InChI=1S/C16H27NO3/c1-17-13-8-4-3-7-12(13)15(20-17)14-11-18-16(19-14)9-5-2-6-10-16/h12-15H,2-11H2,1H3/t12-,13-,14+,15+/m0/s1. The maximum absolute atomic E-state index is 6.40. The predicted octanol–water partition coefficient (Wildman–Crippen LogP) is 2.87. The number of fused-ring (bicyclic) bond motifs is 1. The SMILES string of the molecule is CN1O[C@@H]([C@H]2COC3(CCCCC3)O2)[C@H]2CCCC[C@@H]21. The fourth-order valence-corrected chi connectivity index (χ4v) is 4.76. The zero-order valence-corrected chi connectivity index (χ0v) is 12.6. The average Bonchev–Trinajstić information content (AvgIpc) is 3.03. The molecule has 0 aromatic carbocycles. The largest absolute Gasteiger partial charge is 0.347 e. The fraction of sp³-hybridized carbons (Fsp3) is 1.00. The first-order chi connectivity index (χ1) is 9.77. The summed E-state index contributed by atoms with van der Waals surface area (Å²) in [6.45, 7) is 0.724. The van der Waals surface area contributed by atoms with Gasteiger partial charge in [0.25, 0.3) is 0 Å². The smallest absolute Gasteiger partial charge is 0.169 e. The normalized spacial score (nSPS) is 44.9. The fourth-order valence-electron chi connectivity index (χ4n) is 4.76. The second-order valence-corrected chi connectivity index (χ2v) is 7.07. The van der Waals surface area contributed by atoms with Crippen molar-refractivity contribution in [3.05, 3.63) is 0 Å². The zero-order valence-electron chi connectivity index (χ0n) is 12.6. The molecule has 2 aliphatic carbocycles.